The molecule has 0 unspecified atom stereocenters. The molecule has 1 amide bonds. The number of nitrogens with one attached hydrogen (secondary N) is 2. The summed E-state index contributed by atoms with van der Waals surface area (Å²) in [6.07, 6.45) is 5.28. The minimum absolute atomic E-state index is 0.180. The van der Waals surface area contributed by atoms with Gasteiger partial charge in [0, 0.05) is 12.5 Å². The Morgan fingerprint density at radius 1 is 1.22 bits per heavy atom. The van der Waals surface area contributed by atoms with Gasteiger partial charge in [0.1, 0.15) is 11.6 Å². The summed E-state index contributed by atoms with van der Waals surface area (Å²) in [5.74, 6) is -0.919. The lowest BCUT2D eigenvalue weighted by Gasteiger charge is -2.41. The van der Waals surface area contributed by atoms with Crippen LogP contribution in [-0.4, -0.2) is 21.9 Å². The van der Waals surface area contributed by atoms with Gasteiger partial charge in [0.2, 0.25) is 5.78 Å². The number of carbonyl (C=O) groups excluding carboxylic acids is 2. The van der Waals surface area contributed by atoms with Crippen LogP contribution in [0.3, 0.4) is 0 Å². The molecule has 1 heterocycles. The molecule has 2 aromatic rings. The van der Waals surface area contributed by atoms with E-state index >= 15 is 0 Å². The average molecular weight is 315 g/mol. The van der Waals surface area contributed by atoms with Crippen molar-refractivity contribution in [2.24, 2.45) is 5.41 Å². The fourth-order valence-corrected chi connectivity index (χ4v) is 3.07. The first-order valence-electron chi connectivity index (χ1n) is 7.64. The molecule has 1 aromatic carbocycles. The van der Waals surface area contributed by atoms with Gasteiger partial charge < -0.3 is 5.32 Å². The van der Waals surface area contributed by atoms with Gasteiger partial charge in [-0.15, -0.1) is 0 Å². The Labute approximate surface area is 133 Å². The van der Waals surface area contributed by atoms with Gasteiger partial charge in [0.05, 0.1) is 6.20 Å². The van der Waals surface area contributed by atoms with E-state index in [4.69, 9.17) is 0 Å². The number of Topliss-reactive ketones (excluding diaryl/α,β-unsaturated/α-hetero) is 1. The number of carbonyl (C=O) groups is 2. The molecule has 5 nitrogen and oxygen atoms in total. The molecule has 0 bridgehead atoms. The molecule has 120 valence electrons. The maximum Gasteiger partial charge on any atom is 0.292 e. The number of benzene rings is 1. The van der Waals surface area contributed by atoms with E-state index in [2.05, 4.69) is 15.5 Å². The molecule has 1 aliphatic rings. The number of halogens is 1. The average Bonchev–Trinajstić information content (AvgIpc) is 3.00. The third kappa shape index (κ3) is 3.64. The maximum absolute atomic E-state index is 13.0. The van der Waals surface area contributed by atoms with Gasteiger partial charge in [-0.1, -0.05) is 18.6 Å². The number of aromatic amines is 1. The van der Waals surface area contributed by atoms with E-state index in [1.54, 1.807) is 18.2 Å². The first kappa shape index (κ1) is 15.4. The second-order valence-electron chi connectivity index (χ2n) is 6.18. The highest BCUT2D eigenvalue weighted by Crippen LogP contribution is 2.46. The van der Waals surface area contributed by atoms with E-state index in [0.717, 1.165) is 24.8 Å². The monoisotopic (exact) mass is 315 g/mol. The summed E-state index contributed by atoms with van der Waals surface area (Å²) in [4.78, 5) is 24.2. The molecule has 0 aliphatic heterocycles. The van der Waals surface area contributed by atoms with Crippen molar-refractivity contribution in [3.63, 3.8) is 0 Å². The maximum atomic E-state index is 13.0. The van der Waals surface area contributed by atoms with Crippen LogP contribution < -0.4 is 5.32 Å². The number of anilines is 1. The van der Waals surface area contributed by atoms with E-state index in [1.807, 2.05) is 0 Å². The van der Waals surface area contributed by atoms with Crippen LogP contribution in [0.2, 0.25) is 0 Å². The van der Waals surface area contributed by atoms with Crippen molar-refractivity contribution in [1.82, 2.24) is 10.2 Å². The second kappa shape index (κ2) is 6.32. The summed E-state index contributed by atoms with van der Waals surface area (Å²) in [5, 5.41) is 8.81. The molecule has 1 aromatic heterocycles. The van der Waals surface area contributed by atoms with Gasteiger partial charge >= 0.3 is 0 Å². The number of ketones is 1. The summed E-state index contributed by atoms with van der Waals surface area (Å²) < 4.78 is 13.0. The highest BCUT2D eigenvalue weighted by molar-refractivity contribution is 6.40. The normalized spacial score (nSPS) is 15.7. The minimum Gasteiger partial charge on any atom is -0.304 e. The summed E-state index contributed by atoms with van der Waals surface area (Å²) >= 11 is 0. The van der Waals surface area contributed by atoms with Gasteiger partial charge in [-0.3, -0.25) is 14.7 Å². The van der Waals surface area contributed by atoms with Crippen molar-refractivity contribution in [3.05, 3.63) is 47.9 Å². The third-order valence-electron chi connectivity index (χ3n) is 4.44. The largest absolute Gasteiger partial charge is 0.304 e. The van der Waals surface area contributed by atoms with Crippen LogP contribution in [0.15, 0.2) is 36.5 Å². The molecule has 1 aliphatic carbocycles. The third-order valence-corrected chi connectivity index (χ3v) is 4.44. The summed E-state index contributed by atoms with van der Waals surface area (Å²) in [6.45, 7) is 0. The quantitative estimate of drug-likeness (QED) is 0.805. The predicted molar refractivity (Wildman–Crippen MR) is 83.2 cm³/mol. The smallest absolute Gasteiger partial charge is 0.292 e. The second-order valence-corrected chi connectivity index (χ2v) is 6.18. The SMILES string of the molecule is O=C(CC1(Cc2ccc(F)cc2)CCC1)C(=O)Nc1ccn[nH]1. The van der Waals surface area contributed by atoms with Crippen LogP contribution in [0.25, 0.3) is 0 Å². The van der Waals surface area contributed by atoms with E-state index < -0.39 is 11.7 Å². The topological polar surface area (TPSA) is 74.8 Å². The molecular weight excluding hydrogens is 297 g/mol. The molecule has 1 saturated carbocycles. The van der Waals surface area contributed by atoms with Gasteiger partial charge in [0.15, 0.2) is 0 Å². The molecule has 0 saturated heterocycles. The zero-order chi connectivity index (χ0) is 16.3. The summed E-state index contributed by atoms with van der Waals surface area (Å²) in [6, 6.07) is 7.92. The van der Waals surface area contributed by atoms with Crippen LogP contribution in [0.4, 0.5) is 10.2 Å². The van der Waals surface area contributed by atoms with E-state index in [1.165, 1.54) is 18.3 Å². The molecule has 1 fully saturated rings. The number of aromatic nitrogens is 2. The standard InChI is InChI=1S/C17H18FN3O2/c18-13-4-2-12(3-5-13)10-17(7-1-8-17)11-14(22)16(23)20-15-6-9-19-21-15/h2-6,9H,1,7-8,10-11H2,(H2,19,20,21,23). The van der Waals surface area contributed by atoms with Crippen molar-refractivity contribution in [3.8, 4) is 0 Å². The summed E-state index contributed by atoms with van der Waals surface area (Å²) in [7, 11) is 0. The van der Waals surface area contributed by atoms with Crippen molar-refractivity contribution in [1.29, 1.82) is 0 Å². The first-order valence-corrected chi connectivity index (χ1v) is 7.64. The van der Waals surface area contributed by atoms with Crippen LogP contribution in [-0.2, 0) is 16.0 Å². The zero-order valence-electron chi connectivity index (χ0n) is 12.6. The Balaban J connectivity index is 1.62. The van der Waals surface area contributed by atoms with Crippen molar-refractivity contribution < 1.29 is 14.0 Å². The predicted octanol–water partition coefficient (Wildman–Crippen LogP) is 2.86. The Morgan fingerprint density at radius 2 is 1.96 bits per heavy atom. The van der Waals surface area contributed by atoms with Crippen LogP contribution in [0.5, 0.6) is 0 Å². The lowest BCUT2D eigenvalue weighted by atomic mass is 9.63. The van der Waals surface area contributed by atoms with Gasteiger partial charge in [0.25, 0.3) is 5.91 Å². The van der Waals surface area contributed by atoms with E-state index in [9.17, 15) is 14.0 Å². The Morgan fingerprint density at radius 3 is 2.52 bits per heavy atom. The molecule has 2 N–H and O–H groups in total. The molecule has 0 atom stereocenters. The molecular formula is C17H18FN3O2. The Hall–Kier alpha value is -2.50. The fraction of sp³-hybridized carbons (Fsp3) is 0.353. The number of hydrogen-bond acceptors (Lipinski definition) is 3. The van der Waals surface area contributed by atoms with Crippen molar-refractivity contribution in [2.75, 3.05) is 5.32 Å². The number of H-pyrrole nitrogens is 1. The van der Waals surface area contributed by atoms with E-state index in [-0.39, 0.29) is 17.7 Å². The number of nitrogens with zero attached hydrogens (tertiary/aromatic N) is 1. The summed E-state index contributed by atoms with van der Waals surface area (Å²) in [5.41, 5.74) is 0.813. The molecule has 0 radical (unpaired) electrons. The van der Waals surface area contributed by atoms with Gasteiger partial charge in [-0.05, 0) is 42.4 Å². The number of hydrogen-bond donors (Lipinski definition) is 2. The minimum atomic E-state index is -0.625. The Bertz CT molecular complexity index is 691. The zero-order valence-corrected chi connectivity index (χ0v) is 12.6. The molecule has 0 spiro atoms. The van der Waals surface area contributed by atoms with Crippen LogP contribution >= 0.6 is 0 Å². The van der Waals surface area contributed by atoms with E-state index in [0.29, 0.717) is 12.2 Å². The molecule has 23 heavy (non-hydrogen) atoms. The first-order chi connectivity index (χ1) is 11.1. The highest BCUT2D eigenvalue weighted by atomic mass is 19.1. The molecule has 6 heteroatoms. The van der Waals surface area contributed by atoms with Crippen LogP contribution in [0.1, 0.15) is 31.2 Å². The van der Waals surface area contributed by atoms with Crippen molar-refractivity contribution in [2.45, 2.75) is 32.1 Å². The number of rotatable bonds is 6. The highest BCUT2D eigenvalue weighted by Gasteiger charge is 2.40. The molecule has 3 rings (SSSR count). The van der Waals surface area contributed by atoms with Gasteiger partial charge in [-0.2, -0.15) is 5.10 Å². The lowest BCUT2D eigenvalue weighted by Crippen LogP contribution is -2.37. The lowest BCUT2D eigenvalue weighted by molar-refractivity contribution is -0.137. The Kier molecular flexibility index (Phi) is 4.23. The number of amides is 1. The van der Waals surface area contributed by atoms with Crippen LogP contribution in [0, 0.1) is 11.2 Å². The van der Waals surface area contributed by atoms with Gasteiger partial charge in [-0.25, -0.2) is 4.39 Å². The fourth-order valence-electron chi connectivity index (χ4n) is 3.07. The van der Waals surface area contributed by atoms with Crippen molar-refractivity contribution >= 4 is 17.5 Å².